The molecule has 2 saturated heterocycles. The molecule has 0 spiro atoms. The van der Waals surface area contributed by atoms with Crippen LogP contribution < -0.4 is 10.6 Å². The first kappa shape index (κ1) is 10.9. The van der Waals surface area contributed by atoms with Crippen LogP contribution in [0.2, 0.25) is 0 Å². The molecule has 0 radical (unpaired) electrons. The van der Waals surface area contributed by atoms with E-state index in [2.05, 4.69) is 10.6 Å². The summed E-state index contributed by atoms with van der Waals surface area (Å²) in [5, 5.41) is 6.78. The van der Waals surface area contributed by atoms with Gasteiger partial charge >= 0.3 is 5.97 Å². The number of rotatable bonds is 2. The molecule has 0 aromatic rings. The summed E-state index contributed by atoms with van der Waals surface area (Å²) in [5.41, 5.74) is -0.299. The van der Waals surface area contributed by atoms with Crippen LogP contribution in [-0.2, 0) is 9.53 Å². The van der Waals surface area contributed by atoms with Gasteiger partial charge in [0.05, 0.1) is 12.0 Å². The van der Waals surface area contributed by atoms with Gasteiger partial charge < -0.3 is 15.4 Å². The van der Waals surface area contributed by atoms with Crippen molar-refractivity contribution >= 4 is 5.97 Å². The first-order valence-corrected chi connectivity index (χ1v) is 5.91. The van der Waals surface area contributed by atoms with E-state index >= 15 is 0 Å². The number of esters is 1. The van der Waals surface area contributed by atoms with Gasteiger partial charge in [0, 0.05) is 12.6 Å². The molecule has 0 aromatic carbocycles. The third-order valence-corrected chi connectivity index (χ3v) is 3.59. The first-order chi connectivity index (χ1) is 7.29. The molecule has 4 nitrogen and oxygen atoms in total. The van der Waals surface area contributed by atoms with Crippen LogP contribution >= 0.6 is 0 Å². The Balaban J connectivity index is 2.14. The number of fused-ring (bicyclic) bond motifs is 1. The number of ether oxygens (including phenoxy) is 1. The lowest BCUT2D eigenvalue weighted by molar-refractivity contribution is -0.160. The van der Waals surface area contributed by atoms with Crippen molar-refractivity contribution in [2.24, 2.45) is 5.41 Å². The van der Waals surface area contributed by atoms with E-state index < -0.39 is 0 Å². The Morgan fingerprint density at radius 2 is 2.40 bits per heavy atom. The van der Waals surface area contributed by atoms with Crippen molar-refractivity contribution in [2.45, 2.75) is 32.2 Å². The predicted molar refractivity (Wildman–Crippen MR) is 57.6 cm³/mol. The molecule has 0 aliphatic carbocycles. The molecule has 2 N–H and O–H groups in total. The van der Waals surface area contributed by atoms with Gasteiger partial charge in [-0.05, 0) is 39.3 Å². The molecule has 2 fully saturated rings. The van der Waals surface area contributed by atoms with E-state index in [1.54, 1.807) is 0 Å². The molecule has 0 saturated carbocycles. The molecule has 0 unspecified atom stereocenters. The van der Waals surface area contributed by atoms with E-state index in [1.807, 2.05) is 6.92 Å². The summed E-state index contributed by atoms with van der Waals surface area (Å²) in [7, 11) is 0. The second-order valence-electron chi connectivity index (χ2n) is 4.45. The highest BCUT2D eigenvalue weighted by molar-refractivity contribution is 5.78. The summed E-state index contributed by atoms with van der Waals surface area (Å²) in [6.45, 7) is 5.15. The van der Waals surface area contributed by atoms with Gasteiger partial charge in [0.1, 0.15) is 0 Å². The van der Waals surface area contributed by atoms with E-state index in [4.69, 9.17) is 4.74 Å². The first-order valence-electron chi connectivity index (χ1n) is 5.91. The van der Waals surface area contributed by atoms with Crippen molar-refractivity contribution in [1.29, 1.82) is 0 Å². The Morgan fingerprint density at radius 1 is 1.53 bits per heavy atom. The Labute approximate surface area is 90.8 Å². The van der Waals surface area contributed by atoms with Gasteiger partial charge in [-0.25, -0.2) is 0 Å². The Morgan fingerprint density at radius 3 is 3.20 bits per heavy atom. The fourth-order valence-electron chi connectivity index (χ4n) is 2.79. The molecule has 2 aliphatic heterocycles. The normalized spacial score (nSPS) is 35.7. The van der Waals surface area contributed by atoms with Crippen molar-refractivity contribution < 1.29 is 9.53 Å². The van der Waals surface area contributed by atoms with Crippen LogP contribution in [0.3, 0.4) is 0 Å². The van der Waals surface area contributed by atoms with Crippen LogP contribution in [0.15, 0.2) is 0 Å². The third-order valence-electron chi connectivity index (χ3n) is 3.59. The highest BCUT2D eigenvalue weighted by atomic mass is 16.5. The number of piperidine rings is 2. The maximum atomic E-state index is 12.1. The van der Waals surface area contributed by atoms with E-state index in [9.17, 15) is 4.79 Å². The second kappa shape index (κ2) is 4.49. The molecule has 4 heteroatoms. The fraction of sp³-hybridized carbons (Fsp3) is 0.909. The minimum Gasteiger partial charge on any atom is -0.465 e. The van der Waals surface area contributed by atoms with E-state index in [0.717, 1.165) is 38.9 Å². The van der Waals surface area contributed by atoms with Crippen molar-refractivity contribution in [3.8, 4) is 0 Å². The number of hydrogen-bond acceptors (Lipinski definition) is 4. The zero-order valence-corrected chi connectivity index (χ0v) is 9.34. The van der Waals surface area contributed by atoms with Gasteiger partial charge in [0.25, 0.3) is 0 Å². The van der Waals surface area contributed by atoms with Gasteiger partial charge in [-0.1, -0.05) is 0 Å². The van der Waals surface area contributed by atoms with Crippen LogP contribution in [-0.4, -0.2) is 38.3 Å². The van der Waals surface area contributed by atoms with Gasteiger partial charge in [-0.2, -0.15) is 0 Å². The number of carbonyl (C=O) groups is 1. The standard InChI is InChI=1S/C11H20N2O2/c1-2-15-10(14)11-5-3-6-13-9(11)4-7-12-8-11/h9,12-13H,2-8H2,1H3/t9-,11+/m1/s1. The van der Waals surface area contributed by atoms with Crippen LogP contribution in [0.1, 0.15) is 26.2 Å². The monoisotopic (exact) mass is 212 g/mol. The zero-order chi connectivity index (χ0) is 10.7. The minimum atomic E-state index is -0.299. The number of carbonyl (C=O) groups excluding carboxylic acids is 1. The number of hydrogen-bond donors (Lipinski definition) is 2. The van der Waals surface area contributed by atoms with Crippen molar-refractivity contribution in [2.75, 3.05) is 26.2 Å². The Bertz CT molecular complexity index is 231. The molecule has 86 valence electrons. The van der Waals surface area contributed by atoms with Crippen molar-refractivity contribution in [3.63, 3.8) is 0 Å². The van der Waals surface area contributed by atoms with E-state index in [-0.39, 0.29) is 11.4 Å². The molecule has 0 aromatic heterocycles. The molecule has 15 heavy (non-hydrogen) atoms. The fourth-order valence-corrected chi connectivity index (χ4v) is 2.79. The van der Waals surface area contributed by atoms with Crippen LogP contribution in [0.5, 0.6) is 0 Å². The van der Waals surface area contributed by atoms with E-state index in [1.165, 1.54) is 0 Å². The zero-order valence-electron chi connectivity index (χ0n) is 9.34. The smallest absolute Gasteiger partial charge is 0.314 e. The SMILES string of the molecule is CCOC(=O)[C@]12CCCN[C@@H]1CCNC2. The van der Waals surface area contributed by atoms with Gasteiger partial charge in [0.15, 0.2) is 0 Å². The van der Waals surface area contributed by atoms with Crippen LogP contribution in [0.4, 0.5) is 0 Å². The summed E-state index contributed by atoms with van der Waals surface area (Å²) >= 11 is 0. The van der Waals surface area contributed by atoms with Gasteiger partial charge in [-0.15, -0.1) is 0 Å². The quantitative estimate of drug-likeness (QED) is 0.646. The number of nitrogens with one attached hydrogen (secondary N) is 2. The highest BCUT2D eigenvalue weighted by Crippen LogP contribution is 2.35. The summed E-state index contributed by atoms with van der Waals surface area (Å²) in [4.78, 5) is 12.1. The third kappa shape index (κ3) is 1.88. The van der Waals surface area contributed by atoms with Gasteiger partial charge in [0.2, 0.25) is 0 Å². The van der Waals surface area contributed by atoms with Crippen molar-refractivity contribution in [3.05, 3.63) is 0 Å². The molecule has 0 bridgehead atoms. The lowest BCUT2D eigenvalue weighted by Crippen LogP contribution is -2.62. The molecule has 2 aliphatic rings. The Kier molecular flexibility index (Phi) is 3.26. The largest absolute Gasteiger partial charge is 0.465 e. The Hall–Kier alpha value is -0.610. The maximum Gasteiger partial charge on any atom is 0.314 e. The lowest BCUT2D eigenvalue weighted by atomic mass is 9.71. The summed E-state index contributed by atoms with van der Waals surface area (Å²) in [6, 6.07) is 0.312. The van der Waals surface area contributed by atoms with Crippen LogP contribution in [0.25, 0.3) is 0 Å². The average molecular weight is 212 g/mol. The summed E-state index contributed by atoms with van der Waals surface area (Å²) in [6.07, 6.45) is 3.05. The molecule has 0 amide bonds. The molecule has 2 atom stereocenters. The highest BCUT2D eigenvalue weighted by Gasteiger charge is 2.49. The van der Waals surface area contributed by atoms with E-state index in [0.29, 0.717) is 12.6 Å². The lowest BCUT2D eigenvalue weighted by Gasteiger charge is -2.45. The second-order valence-corrected chi connectivity index (χ2v) is 4.45. The topological polar surface area (TPSA) is 50.4 Å². The minimum absolute atomic E-state index is 0.0191. The molecule has 2 heterocycles. The summed E-state index contributed by atoms with van der Waals surface area (Å²) < 4.78 is 5.22. The average Bonchev–Trinajstić information content (AvgIpc) is 2.29. The molecule has 2 rings (SSSR count). The van der Waals surface area contributed by atoms with Gasteiger partial charge in [-0.3, -0.25) is 4.79 Å². The van der Waals surface area contributed by atoms with Crippen LogP contribution in [0, 0.1) is 5.41 Å². The predicted octanol–water partition coefficient (Wildman–Crippen LogP) is 0.281. The maximum absolute atomic E-state index is 12.1. The van der Waals surface area contributed by atoms with Crippen molar-refractivity contribution in [1.82, 2.24) is 10.6 Å². The molecular formula is C11H20N2O2. The summed E-state index contributed by atoms with van der Waals surface area (Å²) in [5.74, 6) is -0.0191. The molecular weight excluding hydrogens is 192 g/mol.